The first-order valence-electron chi connectivity index (χ1n) is 3.97. The van der Waals surface area contributed by atoms with E-state index in [9.17, 15) is 9.59 Å². The molecule has 1 aromatic rings. The van der Waals surface area contributed by atoms with Crippen LogP contribution < -0.4 is 10.1 Å². The van der Waals surface area contributed by atoms with Gasteiger partial charge < -0.3 is 15.2 Å². The summed E-state index contributed by atoms with van der Waals surface area (Å²) in [6, 6.07) is 4.31. The Balaban J connectivity index is 2.41. The molecule has 0 aliphatic carbocycles. The van der Waals surface area contributed by atoms with Gasteiger partial charge in [-0.1, -0.05) is 0 Å². The van der Waals surface area contributed by atoms with Crippen LogP contribution in [0.2, 0.25) is 0 Å². The molecule has 1 aliphatic heterocycles. The number of carboxylic acids is 1. The number of ether oxygens (including phenoxy) is 1. The molecule has 5 nitrogen and oxygen atoms in total. The lowest BCUT2D eigenvalue weighted by molar-refractivity contribution is -0.118. The number of nitrogens with one attached hydrogen (secondary N) is 1. The van der Waals surface area contributed by atoms with Crippen molar-refractivity contribution in [3.05, 3.63) is 23.8 Å². The molecule has 0 fully saturated rings. The Morgan fingerprint density at radius 1 is 1.50 bits per heavy atom. The molecule has 2 N–H and O–H groups in total. The highest BCUT2D eigenvalue weighted by Crippen LogP contribution is 2.28. The van der Waals surface area contributed by atoms with Crippen LogP contribution in [0.4, 0.5) is 5.69 Å². The lowest BCUT2D eigenvalue weighted by Crippen LogP contribution is -2.25. The zero-order valence-corrected chi connectivity index (χ0v) is 7.11. The fourth-order valence-corrected chi connectivity index (χ4v) is 1.21. The predicted molar refractivity (Wildman–Crippen MR) is 47.5 cm³/mol. The molecule has 0 unspecified atom stereocenters. The van der Waals surface area contributed by atoms with Crippen LogP contribution >= 0.6 is 0 Å². The number of amides is 1. The van der Waals surface area contributed by atoms with Crippen LogP contribution in [0, 0.1) is 0 Å². The maximum absolute atomic E-state index is 10.9. The molecular formula is C9H7NO4. The highest BCUT2D eigenvalue weighted by atomic mass is 16.5. The third-order valence-electron chi connectivity index (χ3n) is 1.86. The molecule has 1 aromatic carbocycles. The smallest absolute Gasteiger partial charge is 0.335 e. The van der Waals surface area contributed by atoms with Crippen molar-refractivity contribution in [2.45, 2.75) is 0 Å². The van der Waals surface area contributed by atoms with Crippen molar-refractivity contribution in [3.63, 3.8) is 0 Å². The van der Waals surface area contributed by atoms with Gasteiger partial charge in [0.05, 0.1) is 11.3 Å². The summed E-state index contributed by atoms with van der Waals surface area (Å²) in [5.41, 5.74) is 0.645. The largest absolute Gasteiger partial charge is 0.482 e. The Kier molecular flexibility index (Phi) is 1.85. The number of fused-ring (bicyclic) bond motifs is 1. The van der Waals surface area contributed by atoms with Crippen LogP contribution in [0.15, 0.2) is 18.2 Å². The first-order chi connectivity index (χ1) is 6.66. The van der Waals surface area contributed by atoms with E-state index in [-0.39, 0.29) is 18.1 Å². The molecule has 5 heteroatoms. The molecule has 1 aliphatic rings. The molecule has 0 saturated heterocycles. The Bertz CT molecular complexity index is 413. The van der Waals surface area contributed by atoms with Gasteiger partial charge in [0.1, 0.15) is 5.75 Å². The summed E-state index contributed by atoms with van der Waals surface area (Å²) in [5.74, 6) is -0.863. The van der Waals surface area contributed by atoms with E-state index in [0.717, 1.165) is 0 Å². The van der Waals surface area contributed by atoms with E-state index in [2.05, 4.69) is 5.32 Å². The van der Waals surface area contributed by atoms with Gasteiger partial charge in [0, 0.05) is 0 Å². The summed E-state index contributed by atoms with van der Waals surface area (Å²) in [7, 11) is 0. The summed E-state index contributed by atoms with van der Waals surface area (Å²) < 4.78 is 5.05. The quantitative estimate of drug-likeness (QED) is 0.688. The van der Waals surface area contributed by atoms with Crippen molar-refractivity contribution < 1.29 is 19.4 Å². The summed E-state index contributed by atoms with van der Waals surface area (Å²) >= 11 is 0. The fourth-order valence-electron chi connectivity index (χ4n) is 1.21. The van der Waals surface area contributed by atoms with E-state index >= 15 is 0 Å². The summed E-state index contributed by atoms with van der Waals surface area (Å²) in [4.78, 5) is 21.5. The van der Waals surface area contributed by atoms with Crippen molar-refractivity contribution >= 4 is 17.6 Å². The number of aromatic carboxylic acids is 1. The molecule has 72 valence electrons. The monoisotopic (exact) mass is 193 g/mol. The van der Waals surface area contributed by atoms with E-state index < -0.39 is 5.97 Å². The second kappa shape index (κ2) is 3.02. The normalized spacial score (nSPS) is 13.9. The Morgan fingerprint density at radius 2 is 2.29 bits per heavy atom. The number of benzene rings is 1. The molecule has 1 amide bonds. The minimum atomic E-state index is -1.02. The number of carboxylic acid groups (broad SMARTS) is 1. The van der Waals surface area contributed by atoms with Gasteiger partial charge in [-0.15, -0.1) is 0 Å². The zero-order valence-electron chi connectivity index (χ0n) is 7.11. The summed E-state index contributed by atoms with van der Waals surface area (Å²) in [5, 5.41) is 11.3. The molecule has 0 atom stereocenters. The molecule has 0 bridgehead atoms. The van der Waals surface area contributed by atoms with E-state index in [0.29, 0.717) is 11.4 Å². The number of hydrogen-bond donors (Lipinski definition) is 2. The number of carbonyl (C=O) groups excluding carboxylic acids is 1. The number of hydrogen-bond acceptors (Lipinski definition) is 3. The van der Waals surface area contributed by atoms with Gasteiger partial charge in [-0.05, 0) is 18.2 Å². The number of rotatable bonds is 1. The van der Waals surface area contributed by atoms with Gasteiger partial charge in [-0.25, -0.2) is 4.79 Å². The van der Waals surface area contributed by atoms with Crippen LogP contribution in [0.5, 0.6) is 5.75 Å². The maximum atomic E-state index is 10.9. The molecule has 0 radical (unpaired) electrons. The second-order valence-electron chi connectivity index (χ2n) is 2.85. The van der Waals surface area contributed by atoms with E-state index in [1.165, 1.54) is 18.2 Å². The number of carbonyl (C=O) groups is 2. The molecular weight excluding hydrogens is 186 g/mol. The average Bonchev–Trinajstić information content (AvgIpc) is 2.16. The maximum Gasteiger partial charge on any atom is 0.335 e. The van der Waals surface area contributed by atoms with Gasteiger partial charge in [0.15, 0.2) is 6.61 Å². The average molecular weight is 193 g/mol. The van der Waals surface area contributed by atoms with Crippen LogP contribution in [0.1, 0.15) is 10.4 Å². The van der Waals surface area contributed by atoms with Crippen molar-refractivity contribution in [3.8, 4) is 5.75 Å². The van der Waals surface area contributed by atoms with Crippen molar-refractivity contribution in [1.82, 2.24) is 0 Å². The lowest BCUT2D eigenvalue weighted by Gasteiger charge is -2.17. The molecule has 14 heavy (non-hydrogen) atoms. The van der Waals surface area contributed by atoms with Crippen LogP contribution in [0.3, 0.4) is 0 Å². The van der Waals surface area contributed by atoms with Gasteiger partial charge in [0.25, 0.3) is 5.91 Å². The molecule has 0 saturated carbocycles. The SMILES string of the molecule is O=C1COc2cc(C(=O)O)ccc2N1. The molecule has 1 heterocycles. The van der Waals surface area contributed by atoms with E-state index in [1.807, 2.05) is 0 Å². The highest BCUT2D eigenvalue weighted by molar-refractivity contribution is 5.97. The topological polar surface area (TPSA) is 75.6 Å². The number of anilines is 1. The summed E-state index contributed by atoms with van der Waals surface area (Å²) in [6.45, 7) is -0.0733. The third kappa shape index (κ3) is 1.39. The van der Waals surface area contributed by atoms with E-state index in [1.54, 1.807) is 0 Å². The standard InChI is InChI=1S/C9H7NO4/c11-8-4-14-7-3-5(9(12)13)1-2-6(7)10-8/h1-3H,4H2,(H,10,11)(H,12,13). The van der Waals surface area contributed by atoms with Crippen LogP contribution in [0.25, 0.3) is 0 Å². The van der Waals surface area contributed by atoms with Crippen molar-refractivity contribution in [1.29, 1.82) is 0 Å². The van der Waals surface area contributed by atoms with Gasteiger partial charge >= 0.3 is 5.97 Å². The highest BCUT2D eigenvalue weighted by Gasteiger charge is 2.17. The lowest BCUT2D eigenvalue weighted by atomic mass is 10.2. The van der Waals surface area contributed by atoms with Crippen LogP contribution in [-0.4, -0.2) is 23.6 Å². The van der Waals surface area contributed by atoms with Gasteiger partial charge in [0.2, 0.25) is 0 Å². The zero-order chi connectivity index (χ0) is 10.1. The minimum absolute atomic E-state index is 0.0733. The summed E-state index contributed by atoms with van der Waals surface area (Å²) in [6.07, 6.45) is 0. The van der Waals surface area contributed by atoms with Gasteiger partial charge in [-0.2, -0.15) is 0 Å². The molecule has 2 rings (SSSR count). The fraction of sp³-hybridized carbons (Fsp3) is 0.111. The first kappa shape index (κ1) is 8.55. The second-order valence-corrected chi connectivity index (χ2v) is 2.85. The van der Waals surface area contributed by atoms with Gasteiger partial charge in [-0.3, -0.25) is 4.79 Å². The Labute approximate surface area is 79.3 Å². The third-order valence-corrected chi connectivity index (χ3v) is 1.86. The molecule has 0 aromatic heterocycles. The first-order valence-corrected chi connectivity index (χ1v) is 3.97. The van der Waals surface area contributed by atoms with Crippen LogP contribution in [-0.2, 0) is 4.79 Å². The minimum Gasteiger partial charge on any atom is -0.482 e. The van der Waals surface area contributed by atoms with Crippen molar-refractivity contribution in [2.24, 2.45) is 0 Å². The van der Waals surface area contributed by atoms with E-state index in [4.69, 9.17) is 9.84 Å². The molecule has 0 spiro atoms. The van der Waals surface area contributed by atoms with Crippen molar-refractivity contribution in [2.75, 3.05) is 11.9 Å². The Morgan fingerprint density at radius 3 is 3.00 bits per heavy atom. The predicted octanol–water partition coefficient (Wildman–Crippen LogP) is 0.716. The Hall–Kier alpha value is -2.04.